The summed E-state index contributed by atoms with van der Waals surface area (Å²) >= 11 is 0. The molecule has 2 rings (SSSR count). The van der Waals surface area contributed by atoms with Crippen LogP contribution in [0.15, 0.2) is 12.3 Å². The van der Waals surface area contributed by atoms with Gasteiger partial charge in [-0.1, -0.05) is 0 Å². The molecule has 0 fully saturated rings. The van der Waals surface area contributed by atoms with Gasteiger partial charge >= 0.3 is 0 Å². The summed E-state index contributed by atoms with van der Waals surface area (Å²) in [6, 6.07) is 1.79. The number of carbonyl (C=O) groups excluding carboxylic acids is 1. The van der Waals surface area contributed by atoms with Crippen molar-refractivity contribution in [2.45, 2.75) is 34.2 Å². The fourth-order valence-corrected chi connectivity index (χ4v) is 2.55. The van der Waals surface area contributed by atoms with Crippen LogP contribution in [-0.4, -0.2) is 29.2 Å². The third kappa shape index (κ3) is 3.31. The molecular weight excluding hydrogens is 296 g/mol. The van der Waals surface area contributed by atoms with E-state index in [0.717, 1.165) is 10.9 Å². The number of nitrogens with zero attached hydrogens (tertiary/aromatic N) is 1. The van der Waals surface area contributed by atoms with Crippen molar-refractivity contribution in [1.29, 1.82) is 0 Å². The van der Waals surface area contributed by atoms with E-state index in [9.17, 15) is 9.90 Å². The molecule has 1 aromatic carbocycles. The number of nitrogens with one attached hydrogen (secondary N) is 1. The van der Waals surface area contributed by atoms with Crippen molar-refractivity contribution >= 4 is 16.7 Å². The van der Waals surface area contributed by atoms with Crippen LogP contribution < -0.4 is 14.8 Å². The first-order valence-corrected chi connectivity index (χ1v) is 7.64. The van der Waals surface area contributed by atoms with Gasteiger partial charge in [-0.05, 0) is 26.8 Å². The average molecular weight is 318 g/mol. The van der Waals surface area contributed by atoms with Gasteiger partial charge in [-0.15, -0.1) is 0 Å². The van der Waals surface area contributed by atoms with Crippen molar-refractivity contribution in [1.82, 2.24) is 10.3 Å². The lowest BCUT2D eigenvalue weighted by Crippen LogP contribution is -2.19. The smallest absolute Gasteiger partial charge is 0.217 e. The molecule has 0 unspecified atom stereocenters. The van der Waals surface area contributed by atoms with E-state index in [-0.39, 0.29) is 18.2 Å². The molecule has 1 heterocycles. The molecule has 0 spiro atoms. The molecule has 0 bridgehead atoms. The number of pyridine rings is 1. The zero-order valence-electron chi connectivity index (χ0n) is 13.9. The maximum absolute atomic E-state index is 11.2. The minimum atomic E-state index is -0.162. The Hall–Kier alpha value is -2.50. The van der Waals surface area contributed by atoms with E-state index in [4.69, 9.17) is 9.47 Å². The summed E-state index contributed by atoms with van der Waals surface area (Å²) in [5.74, 6) is 0.914. The van der Waals surface area contributed by atoms with Gasteiger partial charge in [0.1, 0.15) is 5.75 Å². The van der Waals surface area contributed by atoms with E-state index in [1.807, 2.05) is 20.8 Å². The quantitative estimate of drug-likeness (QED) is 0.856. The number of fused-ring (bicyclic) bond motifs is 1. The number of hydrogen-bond donors (Lipinski definition) is 2. The standard InChI is InChI=1S/C17H22N2O4/c1-5-22-16-10(3)17(23-6-2)15(21)14-12(16)7-8-18-13(14)9-19-11(4)20/h7-8,21H,5-6,9H2,1-4H3,(H,19,20). The Balaban J connectivity index is 2.73. The van der Waals surface area contributed by atoms with Gasteiger partial charge in [-0.3, -0.25) is 9.78 Å². The van der Waals surface area contributed by atoms with E-state index in [1.165, 1.54) is 6.92 Å². The maximum atomic E-state index is 11.2. The summed E-state index contributed by atoms with van der Waals surface area (Å²) in [6.07, 6.45) is 1.64. The number of benzene rings is 1. The van der Waals surface area contributed by atoms with Crippen LogP contribution in [-0.2, 0) is 11.3 Å². The molecule has 0 aliphatic rings. The molecule has 2 aromatic rings. The number of amides is 1. The Morgan fingerprint density at radius 3 is 2.52 bits per heavy atom. The van der Waals surface area contributed by atoms with Crippen molar-refractivity contribution in [3.05, 3.63) is 23.5 Å². The number of ether oxygens (including phenoxy) is 2. The predicted octanol–water partition coefficient (Wildman–Crippen LogP) is 2.68. The molecule has 1 amide bonds. The summed E-state index contributed by atoms with van der Waals surface area (Å²) in [4.78, 5) is 15.5. The molecule has 0 aliphatic carbocycles. The van der Waals surface area contributed by atoms with Gasteiger partial charge in [-0.2, -0.15) is 0 Å². The second-order valence-electron chi connectivity index (χ2n) is 5.09. The Kier molecular flexibility index (Phi) is 5.26. The number of aromatic hydroxyl groups is 1. The molecule has 1 aromatic heterocycles. The van der Waals surface area contributed by atoms with Crippen LogP contribution >= 0.6 is 0 Å². The van der Waals surface area contributed by atoms with Crippen LogP contribution in [0.1, 0.15) is 32.0 Å². The molecule has 0 aliphatic heterocycles. The first-order valence-electron chi connectivity index (χ1n) is 7.64. The van der Waals surface area contributed by atoms with Gasteiger partial charge in [0, 0.05) is 24.1 Å². The van der Waals surface area contributed by atoms with Gasteiger partial charge in [0.05, 0.1) is 30.8 Å². The number of rotatable bonds is 6. The lowest BCUT2D eigenvalue weighted by Gasteiger charge is -2.18. The van der Waals surface area contributed by atoms with Crippen molar-refractivity contribution in [2.75, 3.05) is 13.2 Å². The van der Waals surface area contributed by atoms with E-state index in [0.29, 0.717) is 35.8 Å². The fraction of sp³-hybridized carbons (Fsp3) is 0.412. The molecule has 6 nitrogen and oxygen atoms in total. The van der Waals surface area contributed by atoms with Crippen LogP contribution in [0.5, 0.6) is 17.2 Å². The van der Waals surface area contributed by atoms with E-state index < -0.39 is 0 Å². The third-order valence-electron chi connectivity index (χ3n) is 3.49. The van der Waals surface area contributed by atoms with Crippen molar-refractivity contribution < 1.29 is 19.4 Å². The SMILES string of the molecule is CCOc1c(C)c(OCC)c2ccnc(CNC(C)=O)c2c1O. The monoisotopic (exact) mass is 318 g/mol. The zero-order valence-corrected chi connectivity index (χ0v) is 13.9. The number of phenolic OH excluding ortho intramolecular Hbond substituents is 1. The predicted molar refractivity (Wildman–Crippen MR) is 88.0 cm³/mol. The minimum Gasteiger partial charge on any atom is -0.504 e. The molecule has 6 heteroatoms. The Labute approximate surface area is 135 Å². The summed E-state index contributed by atoms with van der Waals surface area (Å²) in [5, 5.41) is 14.7. The second-order valence-corrected chi connectivity index (χ2v) is 5.09. The van der Waals surface area contributed by atoms with Gasteiger partial charge in [0.15, 0.2) is 11.5 Å². The Morgan fingerprint density at radius 1 is 1.26 bits per heavy atom. The molecule has 124 valence electrons. The average Bonchev–Trinajstić information content (AvgIpc) is 2.53. The Morgan fingerprint density at radius 2 is 1.91 bits per heavy atom. The van der Waals surface area contributed by atoms with Crippen LogP contribution in [0.4, 0.5) is 0 Å². The molecule has 0 saturated carbocycles. The van der Waals surface area contributed by atoms with Gasteiger partial charge < -0.3 is 19.9 Å². The molecule has 23 heavy (non-hydrogen) atoms. The zero-order chi connectivity index (χ0) is 17.0. The van der Waals surface area contributed by atoms with E-state index in [1.54, 1.807) is 12.3 Å². The number of aromatic nitrogens is 1. The summed E-state index contributed by atoms with van der Waals surface area (Å²) < 4.78 is 11.4. The molecular formula is C17H22N2O4. The summed E-state index contributed by atoms with van der Waals surface area (Å²) in [6.45, 7) is 8.18. The van der Waals surface area contributed by atoms with E-state index in [2.05, 4.69) is 10.3 Å². The van der Waals surface area contributed by atoms with Crippen molar-refractivity contribution in [3.63, 3.8) is 0 Å². The molecule has 2 N–H and O–H groups in total. The highest BCUT2D eigenvalue weighted by Crippen LogP contribution is 2.45. The summed E-state index contributed by atoms with van der Waals surface area (Å²) in [7, 11) is 0. The number of carbonyl (C=O) groups is 1. The lowest BCUT2D eigenvalue weighted by atomic mass is 10.0. The largest absolute Gasteiger partial charge is 0.504 e. The van der Waals surface area contributed by atoms with Crippen molar-refractivity contribution in [3.8, 4) is 17.2 Å². The highest BCUT2D eigenvalue weighted by Gasteiger charge is 2.21. The molecule has 0 saturated heterocycles. The number of phenols is 1. The first kappa shape index (κ1) is 16.9. The molecule has 0 atom stereocenters. The minimum absolute atomic E-state index is 0.0243. The number of hydrogen-bond acceptors (Lipinski definition) is 5. The molecule has 0 radical (unpaired) electrons. The summed E-state index contributed by atoms with van der Waals surface area (Å²) in [5.41, 5.74) is 1.31. The van der Waals surface area contributed by atoms with Gasteiger partial charge in [-0.25, -0.2) is 0 Å². The normalized spacial score (nSPS) is 10.6. The third-order valence-corrected chi connectivity index (χ3v) is 3.49. The van der Waals surface area contributed by atoms with Crippen LogP contribution in [0.2, 0.25) is 0 Å². The van der Waals surface area contributed by atoms with Gasteiger partial charge in [0.2, 0.25) is 5.91 Å². The van der Waals surface area contributed by atoms with Crippen molar-refractivity contribution in [2.24, 2.45) is 0 Å². The topological polar surface area (TPSA) is 80.7 Å². The first-order chi connectivity index (χ1) is 11.0. The van der Waals surface area contributed by atoms with Gasteiger partial charge in [0.25, 0.3) is 0 Å². The highest BCUT2D eigenvalue weighted by molar-refractivity contribution is 5.98. The second kappa shape index (κ2) is 7.17. The maximum Gasteiger partial charge on any atom is 0.217 e. The Bertz CT molecular complexity index is 728. The van der Waals surface area contributed by atoms with Crippen LogP contribution in [0, 0.1) is 6.92 Å². The van der Waals surface area contributed by atoms with Crippen LogP contribution in [0.3, 0.4) is 0 Å². The lowest BCUT2D eigenvalue weighted by molar-refractivity contribution is -0.119. The van der Waals surface area contributed by atoms with Crippen LogP contribution in [0.25, 0.3) is 10.8 Å². The van der Waals surface area contributed by atoms with E-state index >= 15 is 0 Å². The highest BCUT2D eigenvalue weighted by atomic mass is 16.5. The fourth-order valence-electron chi connectivity index (χ4n) is 2.55.